The summed E-state index contributed by atoms with van der Waals surface area (Å²) in [5.74, 6) is 0. The van der Waals surface area contributed by atoms with E-state index in [0.717, 1.165) is 25.9 Å². The van der Waals surface area contributed by atoms with Gasteiger partial charge in [0.15, 0.2) is 0 Å². The van der Waals surface area contributed by atoms with Crippen LogP contribution < -0.4 is 11.1 Å². The molecule has 1 aliphatic heterocycles. The van der Waals surface area contributed by atoms with Crippen LogP contribution in [0.5, 0.6) is 0 Å². The molecule has 2 rings (SSSR count). The van der Waals surface area contributed by atoms with E-state index in [9.17, 15) is 5.11 Å². The van der Waals surface area contributed by atoms with Gasteiger partial charge >= 0.3 is 0 Å². The van der Waals surface area contributed by atoms with E-state index < -0.39 is 5.60 Å². The van der Waals surface area contributed by atoms with E-state index in [0.29, 0.717) is 6.54 Å². The smallest absolute Gasteiger partial charge is 0.0962 e. The molecule has 4 N–H and O–H groups in total. The van der Waals surface area contributed by atoms with E-state index in [4.69, 9.17) is 5.73 Å². The van der Waals surface area contributed by atoms with Gasteiger partial charge in [0.2, 0.25) is 0 Å². The SMILES string of the molecule is NCC1(C2(O)CNC2)CCC1. The second kappa shape index (κ2) is 2.19. The Morgan fingerprint density at radius 2 is 2.00 bits per heavy atom. The van der Waals surface area contributed by atoms with Gasteiger partial charge in [0.25, 0.3) is 0 Å². The molecule has 0 atom stereocenters. The van der Waals surface area contributed by atoms with Gasteiger partial charge in [-0.2, -0.15) is 0 Å². The van der Waals surface area contributed by atoms with E-state index in [1.165, 1.54) is 6.42 Å². The lowest BCUT2D eigenvalue weighted by Gasteiger charge is -2.57. The first-order valence-corrected chi connectivity index (χ1v) is 4.36. The summed E-state index contributed by atoms with van der Waals surface area (Å²) in [7, 11) is 0. The second-order valence-corrected chi connectivity index (χ2v) is 3.97. The van der Waals surface area contributed by atoms with Crippen molar-refractivity contribution in [3.63, 3.8) is 0 Å². The maximum Gasteiger partial charge on any atom is 0.0962 e. The van der Waals surface area contributed by atoms with Crippen LogP contribution in [0.4, 0.5) is 0 Å². The molecule has 0 aromatic carbocycles. The zero-order chi connectivity index (χ0) is 7.95. The van der Waals surface area contributed by atoms with Crippen LogP contribution in [0.1, 0.15) is 19.3 Å². The lowest BCUT2D eigenvalue weighted by atomic mass is 9.56. The van der Waals surface area contributed by atoms with Crippen molar-refractivity contribution in [2.45, 2.75) is 24.9 Å². The Morgan fingerprint density at radius 3 is 2.09 bits per heavy atom. The van der Waals surface area contributed by atoms with Crippen LogP contribution in [0.25, 0.3) is 0 Å². The lowest BCUT2D eigenvalue weighted by molar-refractivity contribution is -0.151. The number of aliphatic hydroxyl groups is 1. The standard InChI is InChI=1S/C8H16N2O/c9-4-7(2-1-3-7)8(11)5-10-6-8/h10-11H,1-6,9H2. The highest BCUT2D eigenvalue weighted by Crippen LogP contribution is 2.49. The Hall–Kier alpha value is -0.120. The van der Waals surface area contributed by atoms with Gasteiger partial charge in [-0.15, -0.1) is 0 Å². The molecule has 0 amide bonds. The fourth-order valence-electron chi connectivity index (χ4n) is 2.20. The van der Waals surface area contributed by atoms with Crippen LogP contribution in [0.15, 0.2) is 0 Å². The number of nitrogens with two attached hydrogens (primary N) is 1. The van der Waals surface area contributed by atoms with E-state index >= 15 is 0 Å². The summed E-state index contributed by atoms with van der Waals surface area (Å²) in [4.78, 5) is 0. The molecular weight excluding hydrogens is 140 g/mol. The average molecular weight is 156 g/mol. The van der Waals surface area contributed by atoms with Crippen molar-refractivity contribution in [2.75, 3.05) is 19.6 Å². The maximum atomic E-state index is 10.0. The molecule has 3 heteroatoms. The van der Waals surface area contributed by atoms with Crippen molar-refractivity contribution in [3.8, 4) is 0 Å². The molecule has 64 valence electrons. The minimum Gasteiger partial charge on any atom is -0.387 e. The van der Waals surface area contributed by atoms with Crippen molar-refractivity contribution in [1.82, 2.24) is 5.32 Å². The van der Waals surface area contributed by atoms with Crippen molar-refractivity contribution >= 4 is 0 Å². The second-order valence-electron chi connectivity index (χ2n) is 3.97. The zero-order valence-electron chi connectivity index (χ0n) is 6.77. The minimum absolute atomic E-state index is 0.0677. The highest BCUT2D eigenvalue weighted by molar-refractivity contribution is 5.11. The van der Waals surface area contributed by atoms with Crippen molar-refractivity contribution < 1.29 is 5.11 Å². The molecule has 1 aliphatic carbocycles. The Labute approximate surface area is 67.0 Å². The molecule has 2 aliphatic rings. The molecule has 3 nitrogen and oxygen atoms in total. The molecule has 0 radical (unpaired) electrons. The average Bonchev–Trinajstić information content (AvgIpc) is 1.83. The van der Waals surface area contributed by atoms with Crippen LogP contribution in [0.3, 0.4) is 0 Å². The van der Waals surface area contributed by atoms with Gasteiger partial charge in [0.1, 0.15) is 0 Å². The number of hydrogen-bond donors (Lipinski definition) is 3. The first kappa shape index (κ1) is 7.53. The molecule has 11 heavy (non-hydrogen) atoms. The molecule has 0 aromatic heterocycles. The summed E-state index contributed by atoms with van der Waals surface area (Å²) in [5, 5.41) is 13.1. The molecule has 2 fully saturated rings. The van der Waals surface area contributed by atoms with Crippen molar-refractivity contribution in [1.29, 1.82) is 0 Å². The molecule has 0 aromatic rings. The predicted molar refractivity (Wildman–Crippen MR) is 43.2 cm³/mol. The number of β-amino-alcohol motifs (C(OH)–C–C–N with tert-alkyl or cyclic N) is 1. The van der Waals surface area contributed by atoms with Crippen LogP contribution in [0, 0.1) is 5.41 Å². The Morgan fingerprint density at radius 1 is 1.36 bits per heavy atom. The molecule has 1 saturated carbocycles. The fourth-order valence-corrected chi connectivity index (χ4v) is 2.20. The number of rotatable bonds is 2. The van der Waals surface area contributed by atoms with E-state index in [-0.39, 0.29) is 5.41 Å². The van der Waals surface area contributed by atoms with Crippen LogP contribution in [0.2, 0.25) is 0 Å². The summed E-state index contributed by atoms with van der Waals surface area (Å²) >= 11 is 0. The third-order valence-corrected chi connectivity index (χ3v) is 3.52. The third kappa shape index (κ3) is 0.789. The van der Waals surface area contributed by atoms with Gasteiger partial charge in [-0.3, -0.25) is 0 Å². The summed E-state index contributed by atoms with van der Waals surface area (Å²) < 4.78 is 0. The monoisotopic (exact) mass is 156 g/mol. The maximum absolute atomic E-state index is 10.0. The van der Waals surface area contributed by atoms with Gasteiger partial charge in [0, 0.05) is 25.0 Å². The number of nitrogens with one attached hydrogen (secondary N) is 1. The molecular formula is C8H16N2O. The van der Waals surface area contributed by atoms with E-state index in [1.54, 1.807) is 0 Å². The van der Waals surface area contributed by atoms with Crippen LogP contribution >= 0.6 is 0 Å². The zero-order valence-corrected chi connectivity index (χ0v) is 6.77. The molecule has 1 heterocycles. The van der Waals surface area contributed by atoms with Gasteiger partial charge in [-0.25, -0.2) is 0 Å². The van der Waals surface area contributed by atoms with Gasteiger partial charge in [-0.1, -0.05) is 6.42 Å². The normalized spacial score (nSPS) is 32.2. The molecule has 0 bridgehead atoms. The molecule has 1 saturated heterocycles. The van der Waals surface area contributed by atoms with Crippen LogP contribution in [-0.2, 0) is 0 Å². The van der Waals surface area contributed by atoms with Crippen LogP contribution in [-0.4, -0.2) is 30.3 Å². The fraction of sp³-hybridized carbons (Fsp3) is 1.00. The summed E-state index contributed by atoms with van der Waals surface area (Å²) in [6, 6.07) is 0. The number of hydrogen-bond acceptors (Lipinski definition) is 3. The third-order valence-electron chi connectivity index (χ3n) is 3.52. The Bertz CT molecular complexity index is 156. The predicted octanol–water partition coefficient (Wildman–Crippen LogP) is -0.550. The van der Waals surface area contributed by atoms with Crippen molar-refractivity contribution in [3.05, 3.63) is 0 Å². The molecule has 0 unspecified atom stereocenters. The van der Waals surface area contributed by atoms with E-state index in [1.807, 2.05) is 0 Å². The minimum atomic E-state index is -0.472. The van der Waals surface area contributed by atoms with E-state index in [2.05, 4.69) is 5.32 Å². The first-order valence-electron chi connectivity index (χ1n) is 4.36. The molecule has 0 spiro atoms. The summed E-state index contributed by atoms with van der Waals surface area (Å²) in [6.07, 6.45) is 3.46. The lowest BCUT2D eigenvalue weighted by Crippen LogP contribution is -2.72. The van der Waals surface area contributed by atoms with Crippen molar-refractivity contribution in [2.24, 2.45) is 11.1 Å². The Balaban J connectivity index is 2.10. The summed E-state index contributed by atoms with van der Waals surface area (Å²) in [5.41, 5.74) is 5.27. The quantitative estimate of drug-likeness (QED) is 0.503. The Kier molecular flexibility index (Phi) is 1.50. The van der Waals surface area contributed by atoms with Gasteiger partial charge in [0.05, 0.1) is 5.60 Å². The highest BCUT2D eigenvalue weighted by Gasteiger charge is 2.55. The summed E-state index contributed by atoms with van der Waals surface area (Å²) in [6.45, 7) is 2.12. The topological polar surface area (TPSA) is 58.3 Å². The first-order chi connectivity index (χ1) is 5.22. The van der Waals surface area contributed by atoms with Gasteiger partial charge in [-0.05, 0) is 12.8 Å². The largest absolute Gasteiger partial charge is 0.387 e. The van der Waals surface area contributed by atoms with Gasteiger partial charge < -0.3 is 16.2 Å². The highest BCUT2D eigenvalue weighted by atomic mass is 16.3.